The molecule has 0 saturated heterocycles. The molecule has 4 N–H and O–H groups in total. The Balaban J connectivity index is 2.50. The summed E-state index contributed by atoms with van der Waals surface area (Å²) >= 11 is 3.15. The summed E-state index contributed by atoms with van der Waals surface area (Å²) in [5, 5.41) is 4.10. The molecule has 1 saturated carbocycles. The van der Waals surface area contributed by atoms with E-state index in [-0.39, 0.29) is 5.56 Å². The second kappa shape index (κ2) is 2.73. The van der Waals surface area contributed by atoms with Gasteiger partial charge in [-0.3, -0.25) is 4.79 Å². The Hall–Kier alpha value is -1.04. The van der Waals surface area contributed by atoms with Crippen LogP contribution in [0.1, 0.15) is 29.2 Å². The number of anilines is 1. The lowest BCUT2D eigenvalue weighted by atomic mass is 10.3. The summed E-state index contributed by atoms with van der Waals surface area (Å²) in [6.45, 7) is 0. The minimum Gasteiger partial charge on any atom is -0.383 e. The summed E-state index contributed by atoms with van der Waals surface area (Å²) in [6.07, 6.45) is 2.13. The SMILES string of the molecule is NC(=O)c1c(Br)nn(C2CC2)c1N. The van der Waals surface area contributed by atoms with Gasteiger partial charge in [0, 0.05) is 0 Å². The number of primary amides is 1. The molecule has 1 aromatic heterocycles. The lowest BCUT2D eigenvalue weighted by Gasteiger charge is -1.99. The van der Waals surface area contributed by atoms with Crippen LogP contribution in [-0.4, -0.2) is 15.7 Å². The molecule has 1 heterocycles. The van der Waals surface area contributed by atoms with Crippen molar-refractivity contribution >= 4 is 27.7 Å². The maximum Gasteiger partial charge on any atom is 0.255 e. The fourth-order valence-electron chi connectivity index (χ4n) is 1.24. The molecule has 1 aliphatic carbocycles. The minimum atomic E-state index is -0.545. The Bertz CT molecular complexity index is 369. The van der Waals surface area contributed by atoms with Crippen LogP contribution in [0.5, 0.6) is 0 Å². The van der Waals surface area contributed by atoms with Crippen LogP contribution in [0.3, 0.4) is 0 Å². The van der Waals surface area contributed by atoms with E-state index in [2.05, 4.69) is 21.0 Å². The monoisotopic (exact) mass is 244 g/mol. The first-order valence-corrected chi connectivity index (χ1v) is 4.74. The number of carbonyl (C=O) groups excluding carboxylic acids is 1. The highest BCUT2D eigenvalue weighted by molar-refractivity contribution is 9.10. The zero-order valence-corrected chi connectivity index (χ0v) is 8.41. The van der Waals surface area contributed by atoms with Crippen LogP contribution < -0.4 is 11.5 Å². The van der Waals surface area contributed by atoms with Gasteiger partial charge < -0.3 is 11.5 Å². The van der Waals surface area contributed by atoms with Gasteiger partial charge in [-0.25, -0.2) is 4.68 Å². The van der Waals surface area contributed by atoms with Crippen LogP contribution in [0, 0.1) is 0 Å². The van der Waals surface area contributed by atoms with Gasteiger partial charge in [-0.15, -0.1) is 0 Å². The number of hydrogen-bond donors (Lipinski definition) is 2. The molecule has 1 aromatic rings. The number of carbonyl (C=O) groups is 1. The normalized spacial score (nSPS) is 16.1. The highest BCUT2D eigenvalue weighted by Crippen LogP contribution is 2.38. The number of halogens is 1. The molecule has 1 amide bonds. The van der Waals surface area contributed by atoms with Gasteiger partial charge in [0.15, 0.2) is 0 Å². The van der Waals surface area contributed by atoms with Crippen LogP contribution in [0.15, 0.2) is 4.60 Å². The van der Waals surface area contributed by atoms with E-state index in [1.807, 2.05) is 0 Å². The second-order valence-corrected chi connectivity index (χ2v) is 3.84. The molecule has 1 aliphatic rings. The van der Waals surface area contributed by atoms with Crippen LogP contribution in [-0.2, 0) is 0 Å². The van der Waals surface area contributed by atoms with Gasteiger partial charge in [0.25, 0.3) is 5.91 Å². The van der Waals surface area contributed by atoms with Crippen molar-refractivity contribution in [3.05, 3.63) is 10.2 Å². The first-order chi connectivity index (χ1) is 6.11. The number of nitrogens with two attached hydrogens (primary N) is 2. The smallest absolute Gasteiger partial charge is 0.255 e. The summed E-state index contributed by atoms with van der Waals surface area (Å²) in [6, 6.07) is 0.351. The third kappa shape index (κ3) is 1.31. The lowest BCUT2D eigenvalue weighted by Crippen LogP contribution is -2.14. The second-order valence-electron chi connectivity index (χ2n) is 3.09. The number of hydrogen-bond acceptors (Lipinski definition) is 3. The lowest BCUT2D eigenvalue weighted by molar-refractivity contribution is 0.100. The van der Waals surface area contributed by atoms with Crippen molar-refractivity contribution in [3.63, 3.8) is 0 Å². The molecule has 70 valence electrons. The number of nitrogen functional groups attached to an aromatic ring is 1. The van der Waals surface area contributed by atoms with Crippen molar-refractivity contribution in [3.8, 4) is 0 Å². The summed E-state index contributed by atoms with van der Waals surface area (Å²) in [7, 11) is 0. The third-order valence-corrected chi connectivity index (χ3v) is 2.60. The molecule has 1 fully saturated rings. The molecule has 0 atom stereocenters. The molecule has 5 nitrogen and oxygen atoms in total. The molecule has 0 bridgehead atoms. The van der Waals surface area contributed by atoms with E-state index in [0.717, 1.165) is 12.8 Å². The predicted molar refractivity (Wildman–Crippen MR) is 51.1 cm³/mol. The van der Waals surface area contributed by atoms with Crippen molar-refractivity contribution in [1.29, 1.82) is 0 Å². The van der Waals surface area contributed by atoms with E-state index in [9.17, 15) is 4.79 Å². The van der Waals surface area contributed by atoms with Crippen molar-refractivity contribution in [1.82, 2.24) is 9.78 Å². The van der Waals surface area contributed by atoms with Crippen molar-refractivity contribution in [2.75, 3.05) is 5.73 Å². The Morgan fingerprint density at radius 1 is 1.62 bits per heavy atom. The number of nitrogens with zero attached hydrogens (tertiary/aromatic N) is 2. The molecule has 0 unspecified atom stereocenters. The average Bonchev–Trinajstić information content (AvgIpc) is 2.78. The number of aromatic nitrogens is 2. The maximum absolute atomic E-state index is 11.0. The van der Waals surface area contributed by atoms with Crippen molar-refractivity contribution < 1.29 is 4.79 Å². The largest absolute Gasteiger partial charge is 0.383 e. The van der Waals surface area contributed by atoms with Crippen LogP contribution in [0.4, 0.5) is 5.82 Å². The quantitative estimate of drug-likeness (QED) is 0.802. The van der Waals surface area contributed by atoms with Gasteiger partial charge >= 0.3 is 0 Å². The van der Waals surface area contributed by atoms with Gasteiger partial charge in [-0.2, -0.15) is 5.10 Å². The molecule has 6 heteroatoms. The standard InChI is InChI=1S/C7H9BrN4O/c8-5-4(7(10)13)6(9)12(11-5)3-1-2-3/h3H,1-2,9H2,(H2,10,13). The summed E-state index contributed by atoms with van der Waals surface area (Å²) < 4.78 is 2.09. The van der Waals surface area contributed by atoms with Gasteiger partial charge in [-0.05, 0) is 28.8 Å². The van der Waals surface area contributed by atoms with Crippen LogP contribution >= 0.6 is 15.9 Å². The zero-order chi connectivity index (χ0) is 9.59. The van der Waals surface area contributed by atoms with Crippen molar-refractivity contribution in [2.45, 2.75) is 18.9 Å². The summed E-state index contributed by atoms with van der Waals surface area (Å²) in [5.74, 6) is -0.182. The average molecular weight is 245 g/mol. The topological polar surface area (TPSA) is 86.9 Å². The fraction of sp³-hybridized carbons (Fsp3) is 0.429. The van der Waals surface area contributed by atoms with E-state index in [0.29, 0.717) is 16.5 Å². The number of rotatable bonds is 2. The Labute approximate surface area is 83.2 Å². The number of amides is 1. The molecule has 0 spiro atoms. The first-order valence-electron chi connectivity index (χ1n) is 3.94. The molecule has 13 heavy (non-hydrogen) atoms. The Kier molecular flexibility index (Phi) is 1.80. The zero-order valence-electron chi connectivity index (χ0n) is 6.83. The predicted octanol–water partition coefficient (Wildman–Crippen LogP) is 0.662. The first kappa shape index (κ1) is 8.55. The molecule has 0 radical (unpaired) electrons. The highest BCUT2D eigenvalue weighted by atomic mass is 79.9. The van der Waals surface area contributed by atoms with Gasteiger partial charge in [0.2, 0.25) is 0 Å². The van der Waals surface area contributed by atoms with E-state index in [1.54, 1.807) is 4.68 Å². The van der Waals surface area contributed by atoms with E-state index >= 15 is 0 Å². The van der Waals surface area contributed by atoms with Gasteiger partial charge in [0.1, 0.15) is 16.0 Å². The molecule has 0 aliphatic heterocycles. The molecular weight excluding hydrogens is 236 g/mol. The minimum absolute atomic E-state index is 0.284. The fourth-order valence-corrected chi connectivity index (χ4v) is 1.81. The maximum atomic E-state index is 11.0. The Morgan fingerprint density at radius 3 is 2.62 bits per heavy atom. The molecule has 0 aromatic carbocycles. The van der Waals surface area contributed by atoms with Crippen LogP contribution in [0.2, 0.25) is 0 Å². The van der Waals surface area contributed by atoms with Gasteiger partial charge in [0.05, 0.1) is 6.04 Å². The van der Waals surface area contributed by atoms with E-state index in [4.69, 9.17) is 11.5 Å². The molecule has 2 rings (SSSR count). The third-order valence-electron chi connectivity index (χ3n) is 2.04. The van der Waals surface area contributed by atoms with Gasteiger partial charge in [-0.1, -0.05) is 0 Å². The highest BCUT2D eigenvalue weighted by Gasteiger charge is 2.29. The summed E-state index contributed by atoms with van der Waals surface area (Å²) in [5.41, 5.74) is 11.1. The van der Waals surface area contributed by atoms with E-state index < -0.39 is 5.91 Å². The van der Waals surface area contributed by atoms with Crippen LogP contribution in [0.25, 0.3) is 0 Å². The molecular formula is C7H9BrN4O. The summed E-state index contributed by atoms with van der Waals surface area (Å²) in [4.78, 5) is 11.0. The van der Waals surface area contributed by atoms with E-state index in [1.165, 1.54) is 0 Å². The van der Waals surface area contributed by atoms with Crippen molar-refractivity contribution in [2.24, 2.45) is 5.73 Å². The Morgan fingerprint density at radius 2 is 2.23 bits per heavy atom.